The van der Waals surface area contributed by atoms with Crippen LogP contribution in [0.15, 0.2) is 23.0 Å². The predicted octanol–water partition coefficient (Wildman–Crippen LogP) is 1.15. The van der Waals surface area contributed by atoms with Gasteiger partial charge in [-0.1, -0.05) is 6.04 Å². The predicted molar refractivity (Wildman–Crippen MR) is 78.1 cm³/mol. The maximum atomic E-state index is 12.9. The van der Waals surface area contributed by atoms with Gasteiger partial charge in [0.05, 0.1) is 24.7 Å². The Morgan fingerprint density at radius 2 is 2.29 bits per heavy atom. The summed E-state index contributed by atoms with van der Waals surface area (Å²) in [6.07, 6.45) is -3.22. The van der Waals surface area contributed by atoms with Crippen LogP contribution in [-0.4, -0.2) is 21.1 Å². The van der Waals surface area contributed by atoms with E-state index in [4.69, 9.17) is 11.2 Å². The Labute approximate surface area is 126 Å². The first-order chi connectivity index (χ1) is 11.7. The summed E-state index contributed by atoms with van der Waals surface area (Å²) in [5, 5.41) is -0.0336. The molecule has 2 N–H and O–H groups in total. The van der Waals surface area contributed by atoms with Gasteiger partial charge in [0.15, 0.2) is 5.78 Å². The van der Waals surface area contributed by atoms with Crippen molar-refractivity contribution in [1.82, 2.24) is 9.55 Å². The molecule has 0 aliphatic heterocycles. The lowest BCUT2D eigenvalue weighted by molar-refractivity contribution is -0.132. The SMILES string of the molecule is [2H]Cc1nc2cc([2H])cc(N)c2c(=O)n1C1C(=O)CC(=O)CC1([2H])[2H]. The highest BCUT2D eigenvalue weighted by molar-refractivity contribution is 6.03. The molecule has 6 heteroatoms. The number of hydrogen-bond donors (Lipinski definition) is 1. The molecule has 1 aromatic carbocycles. The third kappa shape index (κ3) is 2.12. The number of Topliss-reactive ketones (excluding diaryl/α,β-unsaturated/α-hetero) is 2. The molecule has 1 atom stereocenters. The summed E-state index contributed by atoms with van der Waals surface area (Å²) < 4.78 is 32.2. The van der Waals surface area contributed by atoms with Gasteiger partial charge in [-0.05, 0) is 25.4 Å². The Balaban J connectivity index is 2.36. The fourth-order valence-corrected chi connectivity index (χ4v) is 2.43. The summed E-state index contributed by atoms with van der Waals surface area (Å²) in [7, 11) is 0. The monoisotopic (exact) mass is 289 g/mol. The van der Waals surface area contributed by atoms with Crippen molar-refractivity contribution in [3.63, 3.8) is 0 Å². The van der Waals surface area contributed by atoms with Crippen molar-refractivity contribution in [3.8, 4) is 0 Å². The van der Waals surface area contributed by atoms with Gasteiger partial charge in [-0.2, -0.15) is 0 Å². The van der Waals surface area contributed by atoms with Crippen LogP contribution in [0.4, 0.5) is 5.69 Å². The van der Waals surface area contributed by atoms with E-state index in [1.54, 1.807) is 0 Å². The molecular formula is C15H15N3O3. The second-order valence-electron chi connectivity index (χ2n) is 4.84. The van der Waals surface area contributed by atoms with Gasteiger partial charge >= 0.3 is 0 Å². The van der Waals surface area contributed by atoms with Gasteiger partial charge in [-0.15, -0.1) is 0 Å². The molecule has 2 aromatic rings. The number of nitrogens with zero attached hydrogens (tertiary/aromatic N) is 2. The molecule has 0 bridgehead atoms. The lowest BCUT2D eigenvalue weighted by atomic mass is 9.92. The fraction of sp³-hybridized carbons (Fsp3) is 0.333. The molecule has 1 saturated carbocycles. The molecule has 108 valence electrons. The summed E-state index contributed by atoms with van der Waals surface area (Å²) in [5.74, 6) is -1.37. The highest BCUT2D eigenvalue weighted by Gasteiger charge is 2.30. The first-order valence-electron chi connectivity index (χ1n) is 8.51. The fourth-order valence-electron chi connectivity index (χ4n) is 2.43. The van der Waals surface area contributed by atoms with Crippen molar-refractivity contribution < 1.29 is 15.1 Å². The van der Waals surface area contributed by atoms with Gasteiger partial charge in [-0.3, -0.25) is 19.0 Å². The molecule has 1 aliphatic rings. The molecule has 0 saturated heterocycles. The second kappa shape index (κ2) is 4.80. The van der Waals surface area contributed by atoms with E-state index in [1.807, 2.05) is 0 Å². The number of rotatable bonds is 1. The Hall–Kier alpha value is -2.50. The van der Waals surface area contributed by atoms with Crippen LogP contribution in [0.1, 0.15) is 36.6 Å². The number of aromatic nitrogens is 2. The van der Waals surface area contributed by atoms with Crippen LogP contribution >= 0.6 is 0 Å². The lowest BCUT2D eigenvalue weighted by Gasteiger charge is -2.24. The van der Waals surface area contributed by atoms with Crippen molar-refractivity contribution in [1.29, 1.82) is 0 Å². The van der Waals surface area contributed by atoms with Crippen molar-refractivity contribution in [2.45, 2.75) is 32.2 Å². The maximum absolute atomic E-state index is 12.9. The van der Waals surface area contributed by atoms with Crippen molar-refractivity contribution >= 4 is 28.2 Å². The molecule has 1 fully saturated rings. The van der Waals surface area contributed by atoms with Crippen LogP contribution in [-0.2, 0) is 9.59 Å². The number of nitrogen functional groups attached to an aromatic ring is 1. The summed E-state index contributed by atoms with van der Waals surface area (Å²) in [6.45, 7) is -0.471. The summed E-state index contributed by atoms with van der Waals surface area (Å²) >= 11 is 0. The Kier molecular flexibility index (Phi) is 2.16. The number of ketones is 2. The highest BCUT2D eigenvalue weighted by atomic mass is 16.2. The zero-order valence-corrected chi connectivity index (χ0v) is 11.0. The molecule has 21 heavy (non-hydrogen) atoms. The van der Waals surface area contributed by atoms with Crippen LogP contribution < -0.4 is 11.3 Å². The van der Waals surface area contributed by atoms with Crippen LogP contribution in [0.5, 0.6) is 0 Å². The van der Waals surface area contributed by atoms with Crippen LogP contribution in [0.3, 0.4) is 0 Å². The van der Waals surface area contributed by atoms with E-state index in [0.717, 1.165) is 4.57 Å². The zero-order valence-electron chi connectivity index (χ0n) is 15.0. The van der Waals surface area contributed by atoms with Crippen molar-refractivity contribution in [2.75, 3.05) is 5.73 Å². The number of carbonyl (C=O) groups is 2. The van der Waals surface area contributed by atoms with Crippen LogP contribution in [0, 0.1) is 6.90 Å². The summed E-state index contributed by atoms with van der Waals surface area (Å²) in [6, 6.07) is 1.08. The molecule has 0 amide bonds. The molecule has 6 nitrogen and oxygen atoms in total. The lowest BCUT2D eigenvalue weighted by Crippen LogP contribution is -2.36. The summed E-state index contributed by atoms with van der Waals surface area (Å²) in [4.78, 5) is 41.0. The molecule has 0 spiro atoms. The minimum absolute atomic E-state index is 0.00910. The van der Waals surface area contributed by atoms with Crippen LogP contribution in [0.25, 0.3) is 10.9 Å². The molecule has 1 aliphatic carbocycles. The van der Waals surface area contributed by atoms with E-state index >= 15 is 0 Å². The number of nitrogens with two attached hydrogens (primary N) is 1. The van der Waals surface area contributed by atoms with Crippen molar-refractivity contribution in [2.24, 2.45) is 0 Å². The Bertz CT molecular complexity index is 971. The van der Waals surface area contributed by atoms with E-state index < -0.39 is 49.3 Å². The van der Waals surface area contributed by atoms with Gasteiger partial charge in [0.1, 0.15) is 11.6 Å². The average Bonchev–Trinajstić information content (AvgIpc) is 2.46. The quantitative estimate of drug-likeness (QED) is 0.627. The average molecular weight is 289 g/mol. The Morgan fingerprint density at radius 3 is 3.00 bits per heavy atom. The first-order valence-corrected chi connectivity index (χ1v) is 6.30. The van der Waals surface area contributed by atoms with Gasteiger partial charge in [0.2, 0.25) is 0 Å². The van der Waals surface area contributed by atoms with Gasteiger partial charge in [0, 0.05) is 16.2 Å². The number of hydrogen-bond acceptors (Lipinski definition) is 5. The van der Waals surface area contributed by atoms with Crippen molar-refractivity contribution in [3.05, 3.63) is 34.4 Å². The molecule has 1 heterocycles. The number of aryl methyl sites for hydroxylation is 1. The molecule has 1 aromatic heterocycles. The standard InChI is InChI=1S/C15H15N3O3/c1-8-17-11-4-2-3-10(16)14(11)15(21)18(8)12-6-5-9(19)7-13(12)20/h2-4,12H,5-7,16H2,1H3/i1D,2D,6D2. The minimum Gasteiger partial charge on any atom is -0.398 e. The normalized spacial score (nSPS) is 24.3. The largest absolute Gasteiger partial charge is 0.398 e. The number of anilines is 1. The minimum atomic E-state index is -2.26. The molecule has 1 unspecified atom stereocenters. The zero-order chi connectivity index (χ0) is 18.5. The van der Waals surface area contributed by atoms with Gasteiger partial charge in [-0.25, -0.2) is 4.98 Å². The van der Waals surface area contributed by atoms with Gasteiger partial charge in [0.25, 0.3) is 5.56 Å². The maximum Gasteiger partial charge on any atom is 0.264 e. The highest BCUT2D eigenvalue weighted by Crippen LogP contribution is 2.24. The van der Waals surface area contributed by atoms with E-state index in [-0.39, 0.29) is 28.5 Å². The third-order valence-corrected chi connectivity index (χ3v) is 3.39. The van der Waals surface area contributed by atoms with E-state index in [0.29, 0.717) is 0 Å². The van der Waals surface area contributed by atoms with Gasteiger partial charge < -0.3 is 5.73 Å². The molecule has 0 radical (unpaired) electrons. The van der Waals surface area contributed by atoms with E-state index in [9.17, 15) is 14.4 Å². The smallest absolute Gasteiger partial charge is 0.264 e. The second-order valence-corrected chi connectivity index (χ2v) is 4.84. The van der Waals surface area contributed by atoms with E-state index in [2.05, 4.69) is 4.98 Å². The number of carbonyl (C=O) groups excluding carboxylic acids is 2. The number of fused-ring (bicyclic) bond motifs is 1. The molecular weight excluding hydrogens is 270 g/mol. The van der Waals surface area contributed by atoms with E-state index in [1.165, 1.54) is 12.1 Å². The first kappa shape index (κ1) is 9.44. The summed E-state index contributed by atoms with van der Waals surface area (Å²) in [5.41, 5.74) is 5.18. The topological polar surface area (TPSA) is 95.0 Å². The Morgan fingerprint density at radius 1 is 1.48 bits per heavy atom. The molecule has 3 rings (SSSR count). The third-order valence-electron chi connectivity index (χ3n) is 3.39. The van der Waals surface area contributed by atoms with Crippen LogP contribution in [0.2, 0.25) is 0 Å². The number of benzene rings is 1.